The highest BCUT2D eigenvalue weighted by atomic mass is 79.9. The molecule has 152 valence electrons. The molecule has 2 aromatic heterocycles. The summed E-state index contributed by atoms with van der Waals surface area (Å²) in [5.41, 5.74) is 3.77. The highest BCUT2D eigenvalue weighted by Crippen LogP contribution is 2.33. The summed E-state index contributed by atoms with van der Waals surface area (Å²) < 4.78 is 7.52. The summed E-state index contributed by atoms with van der Waals surface area (Å²) in [6, 6.07) is 8.33. The Morgan fingerprint density at radius 3 is 2.59 bits per heavy atom. The van der Waals surface area contributed by atoms with E-state index in [0.717, 1.165) is 20.5 Å². The highest BCUT2D eigenvalue weighted by molar-refractivity contribution is 9.10. The SMILES string of the molecule is COC(=O)c1c(NC(=S)Nc2nn(Cc3ccc(C)cc3)cc2Br)sc(C)c1C. The molecule has 6 nitrogen and oxygen atoms in total. The third-order valence-corrected chi connectivity index (χ3v) is 6.32. The molecule has 0 aliphatic heterocycles. The van der Waals surface area contributed by atoms with Gasteiger partial charge >= 0.3 is 5.97 Å². The van der Waals surface area contributed by atoms with E-state index < -0.39 is 0 Å². The lowest BCUT2D eigenvalue weighted by molar-refractivity contribution is 0.0601. The summed E-state index contributed by atoms with van der Waals surface area (Å²) in [6.45, 7) is 6.56. The number of esters is 1. The Labute approximate surface area is 187 Å². The Morgan fingerprint density at radius 1 is 1.24 bits per heavy atom. The number of anilines is 2. The Hall–Kier alpha value is -2.23. The molecular formula is C20H21BrN4O2S2. The Bertz CT molecular complexity index is 1060. The number of carbonyl (C=O) groups excluding carboxylic acids is 1. The van der Waals surface area contributed by atoms with E-state index in [1.165, 1.54) is 24.0 Å². The monoisotopic (exact) mass is 492 g/mol. The van der Waals surface area contributed by atoms with Crippen LogP contribution in [0.25, 0.3) is 0 Å². The van der Waals surface area contributed by atoms with Crippen molar-refractivity contribution < 1.29 is 9.53 Å². The summed E-state index contributed by atoms with van der Waals surface area (Å²) >= 11 is 10.4. The molecule has 0 aliphatic rings. The minimum absolute atomic E-state index is 0.345. The summed E-state index contributed by atoms with van der Waals surface area (Å²) in [4.78, 5) is 13.1. The number of hydrogen-bond acceptors (Lipinski definition) is 5. The second kappa shape index (κ2) is 9.06. The smallest absolute Gasteiger partial charge is 0.341 e. The average Bonchev–Trinajstić information content (AvgIpc) is 3.15. The Balaban J connectivity index is 1.72. The normalized spacial score (nSPS) is 10.7. The van der Waals surface area contributed by atoms with Gasteiger partial charge in [-0.2, -0.15) is 5.10 Å². The van der Waals surface area contributed by atoms with Crippen LogP contribution in [0.1, 0.15) is 31.9 Å². The van der Waals surface area contributed by atoms with Gasteiger partial charge in [0.15, 0.2) is 10.9 Å². The van der Waals surface area contributed by atoms with E-state index in [2.05, 4.69) is 62.9 Å². The lowest BCUT2D eigenvalue weighted by Gasteiger charge is -2.09. The summed E-state index contributed by atoms with van der Waals surface area (Å²) in [5.74, 6) is 0.208. The molecule has 9 heteroatoms. The lowest BCUT2D eigenvalue weighted by Crippen LogP contribution is -2.20. The molecule has 1 aromatic carbocycles. The highest BCUT2D eigenvalue weighted by Gasteiger charge is 2.21. The molecule has 0 saturated carbocycles. The first-order chi connectivity index (χ1) is 13.8. The van der Waals surface area contributed by atoms with Crippen molar-refractivity contribution >= 4 is 61.4 Å². The number of carbonyl (C=O) groups is 1. The maximum atomic E-state index is 12.1. The minimum Gasteiger partial charge on any atom is -0.465 e. The quantitative estimate of drug-likeness (QED) is 0.373. The first-order valence-electron chi connectivity index (χ1n) is 8.83. The molecule has 3 aromatic rings. The van der Waals surface area contributed by atoms with Crippen molar-refractivity contribution in [3.8, 4) is 0 Å². The van der Waals surface area contributed by atoms with Gasteiger partial charge in [0.25, 0.3) is 0 Å². The molecule has 0 aliphatic carbocycles. The minimum atomic E-state index is -0.388. The Kier molecular flexibility index (Phi) is 6.71. The predicted molar refractivity (Wildman–Crippen MR) is 125 cm³/mol. The van der Waals surface area contributed by atoms with Crippen molar-refractivity contribution in [3.05, 3.63) is 62.1 Å². The van der Waals surface area contributed by atoms with E-state index in [1.54, 1.807) is 0 Å². The molecule has 2 N–H and O–H groups in total. The van der Waals surface area contributed by atoms with Crippen molar-refractivity contribution in [1.29, 1.82) is 0 Å². The van der Waals surface area contributed by atoms with Crippen LogP contribution in [0.4, 0.5) is 10.8 Å². The van der Waals surface area contributed by atoms with Gasteiger partial charge in [-0.05, 0) is 60.0 Å². The second-order valence-electron chi connectivity index (χ2n) is 6.57. The van der Waals surface area contributed by atoms with Crippen LogP contribution < -0.4 is 10.6 Å². The molecule has 0 saturated heterocycles. The first-order valence-corrected chi connectivity index (χ1v) is 10.8. The number of hydrogen-bond donors (Lipinski definition) is 2. The van der Waals surface area contributed by atoms with E-state index in [0.29, 0.717) is 28.0 Å². The van der Waals surface area contributed by atoms with Crippen LogP contribution in [0, 0.1) is 20.8 Å². The van der Waals surface area contributed by atoms with Crippen LogP contribution in [-0.4, -0.2) is 28.0 Å². The third-order valence-electron chi connectivity index (χ3n) is 4.42. The van der Waals surface area contributed by atoms with Gasteiger partial charge in [0, 0.05) is 11.1 Å². The zero-order valence-electron chi connectivity index (χ0n) is 16.5. The fourth-order valence-corrected chi connectivity index (χ4v) is 4.48. The van der Waals surface area contributed by atoms with E-state index in [9.17, 15) is 4.79 Å². The summed E-state index contributed by atoms with van der Waals surface area (Å²) in [6.07, 6.45) is 1.89. The van der Waals surface area contributed by atoms with Gasteiger partial charge in [-0.3, -0.25) is 4.68 Å². The number of thiophene rings is 1. The van der Waals surface area contributed by atoms with Crippen molar-refractivity contribution in [3.63, 3.8) is 0 Å². The summed E-state index contributed by atoms with van der Waals surface area (Å²) in [5, 5.41) is 11.7. The number of nitrogens with zero attached hydrogens (tertiary/aromatic N) is 2. The van der Waals surface area contributed by atoms with Crippen LogP contribution in [0.2, 0.25) is 0 Å². The molecule has 2 heterocycles. The van der Waals surface area contributed by atoms with E-state index in [4.69, 9.17) is 17.0 Å². The largest absolute Gasteiger partial charge is 0.465 e. The average molecular weight is 493 g/mol. The van der Waals surface area contributed by atoms with Crippen LogP contribution in [-0.2, 0) is 11.3 Å². The van der Waals surface area contributed by atoms with Crippen LogP contribution in [0.15, 0.2) is 34.9 Å². The maximum absolute atomic E-state index is 12.1. The van der Waals surface area contributed by atoms with Crippen LogP contribution >= 0.6 is 39.5 Å². The molecule has 0 amide bonds. The number of aryl methyl sites for hydroxylation is 2. The topological polar surface area (TPSA) is 68.2 Å². The van der Waals surface area contributed by atoms with E-state index in [1.807, 2.05) is 24.7 Å². The molecule has 0 bridgehead atoms. The molecule has 0 unspecified atom stereocenters. The van der Waals surface area contributed by atoms with E-state index in [-0.39, 0.29) is 5.97 Å². The van der Waals surface area contributed by atoms with Crippen LogP contribution in [0.3, 0.4) is 0 Å². The number of halogens is 1. The lowest BCUT2D eigenvalue weighted by atomic mass is 10.1. The van der Waals surface area contributed by atoms with Gasteiger partial charge in [0.1, 0.15) is 5.00 Å². The first kappa shape index (κ1) is 21.5. The number of methoxy groups -OCH3 is 1. The number of aromatic nitrogens is 2. The molecule has 0 radical (unpaired) electrons. The van der Waals surface area contributed by atoms with E-state index >= 15 is 0 Å². The Morgan fingerprint density at radius 2 is 1.93 bits per heavy atom. The van der Waals surface area contributed by atoms with Gasteiger partial charge in [-0.25, -0.2) is 4.79 Å². The third kappa shape index (κ3) is 5.04. The molecule has 3 rings (SSSR count). The standard InChI is InChI=1S/C20H21BrN4O2S2/c1-11-5-7-14(8-6-11)9-25-10-15(21)17(24-25)22-20(28)23-18-16(19(26)27-4)12(2)13(3)29-18/h5-8,10H,9H2,1-4H3,(H2,22,23,24,28). The number of thiocarbonyl (C=S) groups is 1. The molecular weight excluding hydrogens is 472 g/mol. The fraction of sp³-hybridized carbons (Fsp3) is 0.250. The van der Waals surface area contributed by atoms with Crippen molar-refractivity contribution in [2.45, 2.75) is 27.3 Å². The number of ether oxygens (including phenoxy) is 1. The number of nitrogens with one attached hydrogen (secondary N) is 2. The van der Waals surface area contributed by atoms with Gasteiger partial charge in [-0.15, -0.1) is 11.3 Å². The number of rotatable bonds is 5. The van der Waals surface area contributed by atoms with Gasteiger partial charge in [-0.1, -0.05) is 29.8 Å². The predicted octanol–water partition coefficient (Wildman–Crippen LogP) is 5.28. The molecule has 0 spiro atoms. The fourth-order valence-electron chi connectivity index (χ4n) is 2.75. The van der Waals surface area contributed by atoms with Gasteiger partial charge in [0.2, 0.25) is 0 Å². The van der Waals surface area contributed by atoms with Crippen molar-refractivity contribution in [2.75, 3.05) is 17.7 Å². The van der Waals surface area contributed by atoms with Gasteiger partial charge in [0.05, 0.1) is 23.7 Å². The second-order valence-corrected chi connectivity index (χ2v) is 9.05. The number of benzene rings is 1. The summed E-state index contributed by atoms with van der Waals surface area (Å²) in [7, 11) is 1.37. The van der Waals surface area contributed by atoms with Crippen molar-refractivity contribution in [2.24, 2.45) is 0 Å². The molecule has 0 atom stereocenters. The molecule has 0 fully saturated rings. The van der Waals surface area contributed by atoms with Gasteiger partial charge < -0.3 is 15.4 Å². The zero-order valence-corrected chi connectivity index (χ0v) is 19.7. The molecule has 29 heavy (non-hydrogen) atoms. The van der Waals surface area contributed by atoms with Crippen LogP contribution in [0.5, 0.6) is 0 Å². The van der Waals surface area contributed by atoms with Crippen molar-refractivity contribution in [1.82, 2.24) is 9.78 Å². The maximum Gasteiger partial charge on any atom is 0.341 e. The zero-order chi connectivity index (χ0) is 21.1.